The van der Waals surface area contributed by atoms with Crippen LogP contribution in [0.5, 0.6) is 0 Å². The van der Waals surface area contributed by atoms with Gasteiger partial charge in [-0.25, -0.2) is 13.6 Å². The molecule has 0 saturated carbocycles. The highest BCUT2D eigenvalue weighted by Crippen LogP contribution is 2.25. The molecule has 0 amide bonds. The largest absolute Gasteiger partial charge is 0.462 e. The van der Waals surface area contributed by atoms with Crippen molar-refractivity contribution in [3.63, 3.8) is 0 Å². The third kappa shape index (κ3) is 2.81. The van der Waals surface area contributed by atoms with E-state index in [0.717, 1.165) is 12.1 Å². The topological polar surface area (TPSA) is 76.1 Å². The number of esters is 1. The van der Waals surface area contributed by atoms with Crippen LogP contribution in [0.1, 0.15) is 40.4 Å². The van der Waals surface area contributed by atoms with Crippen LogP contribution in [-0.2, 0) is 11.3 Å². The van der Waals surface area contributed by atoms with Gasteiger partial charge in [0.05, 0.1) is 23.8 Å². The van der Waals surface area contributed by atoms with Gasteiger partial charge in [-0.15, -0.1) is 0 Å². The summed E-state index contributed by atoms with van der Waals surface area (Å²) in [6, 6.07) is 3.81. The number of ether oxygens (including phenoxy) is 1. The Morgan fingerprint density at radius 1 is 1.56 bits per heavy atom. The van der Waals surface area contributed by atoms with Gasteiger partial charge in [-0.05, 0) is 24.6 Å². The molecule has 0 aliphatic carbocycles. The number of carbonyl (C=O) groups excluding carboxylic acids is 1. The van der Waals surface area contributed by atoms with Crippen LogP contribution in [0.2, 0.25) is 0 Å². The Hall–Kier alpha value is -2.00. The first kappa shape index (κ1) is 14.1. The van der Waals surface area contributed by atoms with E-state index in [0.29, 0.717) is 0 Å². The fourth-order valence-corrected chi connectivity index (χ4v) is 1.53. The summed E-state index contributed by atoms with van der Waals surface area (Å²) >= 11 is 0. The zero-order valence-electron chi connectivity index (χ0n) is 9.74. The Morgan fingerprint density at radius 2 is 2.22 bits per heavy atom. The number of alkyl halides is 2. The highest BCUT2D eigenvalue weighted by molar-refractivity contribution is 5.92. The normalized spacial score (nSPS) is 10.2. The smallest absolute Gasteiger partial charge is 0.338 e. The van der Waals surface area contributed by atoms with Gasteiger partial charge in [0.15, 0.2) is 0 Å². The van der Waals surface area contributed by atoms with Crippen molar-refractivity contribution in [1.29, 1.82) is 5.26 Å². The number of nitriles is 1. The average Bonchev–Trinajstić information content (AvgIpc) is 2.37. The van der Waals surface area contributed by atoms with Gasteiger partial charge in [0, 0.05) is 12.1 Å². The minimum Gasteiger partial charge on any atom is -0.462 e. The van der Waals surface area contributed by atoms with Crippen LogP contribution in [0.15, 0.2) is 12.1 Å². The molecule has 0 aromatic heterocycles. The van der Waals surface area contributed by atoms with Gasteiger partial charge in [-0.2, -0.15) is 5.26 Å². The van der Waals surface area contributed by atoms with Crippen molar-refractivity contribution in [3.8, 4) is 6.07 Å². The van der Waals surface area contributed by atoms with Crippen LogP contribution in [0.3, 0.4) is 0 Å². The molecule has 0 aliphatic heterocycles. The molecule has 0 atom stereocenters. The number of nitrogens with zero attached hydrogens (tertiary/aromatic N) is 1. The number of hydrogen-bond donors (Lipinski definition) is 1. The number of rotatable bonds is 4. The van der Waals surface area contributed by atoms with Crippen LogP contribution in [0.4, 0.5) is 8.78 Å². The lowest BCUT2D eigenvalue weighted by atomic mass is 9.98. The van der Waals surface area contributed by atoms with Crippen molar-refractivity contribution in [3.05, 3.63) is 34.4 Å². The number of nitrogens with two attached hydrogens (primary N) is 1. The lowest BCUT2D eigenvalue weighted by Gasteiger charge is -2.11. The van der Waals surface area contributed by atoms with Crippen molar-refractivity contribution in [2.24, 2.45) is 5.73 Å². The molecule has 0 saturated heterocycles. The fourth-order valence-electron chi connectivity index (χ4n) is 1.53. The van der Waals surface area contributed by atoms with Gasteiger partial charge < -0.3 is 10.5 Å². The van der Waals surface area contributed by atoms with Crippen molar-refractivity contribution >= 4 is 5.97 Å². The SMILES string of the molecule is CCOC(=O)c1cc(C(F)F)cc(C#N)c1CN. The van der Waals surface area contributed by atoms with E-state index in [1.807, 2.05) is 0 Å². The Labute approximate surface area is 103 Å². The first-order valence-corrected chi connectivity index (χ1v) is 5.27. The number of halogens is 2. The second-order valence-electron chi connectivity index (χ2n) is 3.43. The van der Waals surface area contributed by atoms with Gasteiger partial charge >= 0.3 is 5.97 Å². The number of carbonyl (C=O) groups is 1. The second-order valence-corrected chi connectivity index (χ2v) is 3.43. The molecule has 1 aromatic carbocycles. The van der Waals surface area contributed by atoms with E-state index in [4.69, 9.17) is 15.7 Å². The van der Waals surface area contributed by atoms with Crippen molar-refractivity contribution in [2.75, 3.05) is 6.61 Å². The zero-order chi connectivity index (χ0) is 13.7. The highest BCUT2D eigenvalue weighted by atomic mass is 19.3. The average molecular weight is 254 g/mol. The Morgan fingerprint density at radius 3 is 2.67 bits per heavy atom. The van der Waals surface area contributed by atoms with Crippen LogP contribution in [0, 0.1) is 11.3 Å². The third-order valence-electron chi connectivity index (χ3n) is 2.34. The molecule has 2 N–H and O–H groups in total. The number of hydrogen-bond acceptors (Lipinski definition) is 4. The molecular weight excluding hydrogens is 242 g/mol. The van der Waals surface area contributed by atoms with E-state index in [9.17, 15) is 13.6 Å². The molecule has 4 nitrogen and oxygen atoms in total. The number of benzene rings is 1. The molecule has 6 heteroatoms. The van der Waals surface area contributed by atoms with E-state index in [1.54, 1.807) is 13.0 Å². The Bertz CT molecular complexity index is 496. The predicted octanol–water partition coefficient (Wildman–Crippen LogP) is 2.13. The lowest BCUT2D eigenvalue weighted by molar-refractivity contribution is 0.0524. The molecule has 96 valence electrons. The summed E-state index contributed by atoms with van der Waals surface area (Å²) in [5, 5.41) is 8.89. The Kier molecular flexibility index (Phi) is 4.75. The van der Waals surface area contributed by atoms with Gasteiger partial charge in [0.25, 0.3) is 6.43 Å². The molecule has 0 unspecified atom stereocenters. The molecule has 1 aromatic rings. The second kappa shape index (κ2) is 6.07. The maximum absolute atomic E-state index is 12.7. The minimum atomic E-state index is -2.77. The standard InChI is InChI=1S/C12H12F2N2O2/c1-2-18-12(17)9-4-7(11(13)14)3-8(5-15)10(9)6-16/h3-4,11H,2,6,16H2,1H3. The molecule has 0 radical (unpaired) electrons. The molecule has 0 fully saturated rings. The zero-order valence-corrected chi connectivity index (χ0v) is 9.74. The summed E-state index contributed by atoms with van der Waals surface area (Å²) in [4.78, 5) is 11.6. The molecule has 1 rings (SSSR count). The molecule has 18 heavy (non-hydrogen) atoms. The van der Waals surface area contributed by atoms with Gasteiger partial charge in [0.1, 0.15) is 0 Å². The van der Waals surface area contributed by atoms with E-state index in [-0.39, 0.29) is 29.8 Å². The van der Waals surface area contributed by atoms with E-state index < -0.39 is 18.0 Å². The van der Waals surface area contributed by atoms with Gasteiger partial charge in [-0.3, -0.25) is 0 Å². The van der Waals surface area contributed by atoms with Crippen molar-refractivity contribution < 1.29 is 18.3 Å². The van der Waals surface area contributed by atoms with E-state index in [1.165, 1.54) is 0 Å². The maximum atomic E-state index is 12.7. The quantitative estimate of drug-likeness (QED) is 0.835. The van der Waals surface area contributed by atoms with Gasteiger partial charge in [-0.1, -0.05) is 0 Å². The minimum absolute atomic E-state index is 0.0293. The van der Waals surface area contributed by atoms with E-state index in [2.05, 4.69) is 0 Å². The summed E-state index contributed by atoms with van der Waals surface area (Å²) < 4.78 is 30.1. The summed E-state index contributed by atoms with van der Waals surface area (Å²) in [5.41, 5.74) is 5.16. The molecule has 0 spiro atoms. The lowest BCUT2D eigenvalue weighted by Crippen LogP contribution is -2.13. The van der Waals surface area contributed by atoms with Crippen LogP contribution in [-0.4, -0.2) is 12.6 Å². The molecule has 0 bridgehead atoms. The summed E-state index contributed by atoms with van der Waals surface area (Å²) in [6.45, 7) is 1.62. The van der Waals surface area contributed by atoms with Crippen LogP contribution in [0.25, 0.3) is 0 Å². The van der Waals surface area contributed by atoms with Crippen LogP contribution >= 0.6 is 0 Å². The highest BCUT2D eigenvalue weighted by Gasteiger charge is 2.20. The summed E-state index contributed by atoms with van der Waals surface area (Å²) in [6.07, 6.45) is -2.77. The summed E-state index contributed by atoms with van der Waals surface area (Å²) in [5.74, 6) is -0.753. The van der Waals surface area contributed by atoms with Crippen molar-refractivity contribution in [2.45, 2.75) is 19.9 Å². The third-order valence-corrected chi connectivity index (χ3v) is 2.34. The molecule has 0 aliphatic rings. The van der Waals surface area contributed by atoms with Gasteiger partial charge in [0.2, 0.25) is 0 Å². The van der Waals surface area contributed by atoms with Crippen LogP contribution < -0.4 is 5.73 Å². The first-order chi connectivity index (χ1) is 8.54. The monoisotopic (exact) mass is 254 g/mol. The van der Waals surface area contributed by atoms with E-state index >= 15 is 0 Å². The Balaban J connectivity index is 3.41. The maximum Gasteiger partial charge on any atom is 0.338 e. The fraction of sp³-hybridized carbons (Fsp3) is 0.333. The molecular formula is C12H12F2N2O2. The first-order valence-electron chi connectivity index (χ1n) is 5.27. The van der Waals surface area contributed by atoms with Crippen molar-refractivity contribution in [1.82, 2.24) is 0 Å². The predicted molar refractivity (Wildman–Crippen MR) is 60.0 cm³/mol. The summed E-state index contributed by atoms with van der Waals surface area (Å²) in [7, 11) is 0. The molecule has 0 heterocycles.